The fourth-order valence-electron chi connectivity index (χ4n) is 4.78. The van der Waals surface area contributed by atoms with Crippen LogP contribution in [0.2, 0.25) is 0 Å². The van der Waals surface area contributed by atoms with Gasteiger partial charge in [0.2, 0.25) is 5.91 Å². The van der Waals surface area contributed by atoms with Crippen molar-refractivity contribution in [3.05, 3.63) is 53.9 Å². The number of nitrogens with zero attached hydrogens (tertiary/aromatic N) is 1. The number of amides is 1. The van der Waals surface area contributed by atoms with Crippen molar-refractivity contribution in [1.29, 1.82) is 0 Å². The molecule has 1 saturated carbocycles. The fourth-order valence-corrected chi connectivity index (χ4v) is 4.78. The molecule has 3 unspecified atom stereocenters. The van der Waals surface area contributed by atoms with E-state index < -0.39 is 0 Å². The van der Waals surface area contributed by atoms with E-state index in [-0.39, 0.29) is 17.9 Å². The van der Waals surface area contributed by atoms with Crippen LogP contribution in [-0.2, 0) is 11.2 Å². The molecule has 1 aromatic heterocycles. The molecular weight excluding hydrogens is 378 g/mol. The molecule has 0 bridgehead atoms. The summed E-state index contributed by atoms with van der Waals surface area (Å²) >= 11 is 0. The monoisotopic (exact) mass is 405 g/mol. The minimum absolute atomic E-state index is 0.0822. The van der Waals surface area contributed by atoms with Gasteiger partial charge in [0, 0.05) is 12.0 Å². The smallest absolute Gasteiger partial charge is 0.227 e. The number of fused-ring (bicyclic) bond motifs is 2. The zero-order chi connectivity index (χ0) is 20.5. The van der Waals surface area contributed by atoms with Crippen LogP contribution in [0.15, 0.2) is 42.5 Å². The van der Waals surface area contributed by atoms with E-state index in [2.05, 4.69) is 16.4 Å². The molecular formula is C24H27N3O3. The second-order valence-corrected chi connectivity index (χ2v) is 8.37. The van der Waals surface area contributed by atoms with Gasteiger partial charge in [0.25, 0.3) is 0 Å². The number of aromatic nitrogens is 2. The van der Waals surface area contributed by atoms with Crippen molar-refractivity contribution in [2.45, 2.75) is 44.1 Å². The molecule has 0 spiro atoms. The Hall–Kier alpha value is -3.02. The normalized spacial score (nSPS) is 23.4. The van der Waals surface area contributed by atoms with E-state index in [0.717, 1.165) is 59.6 Å². The Morgan fingerprint density at radius 1 is 1.20 bits per heavy atom. The van der Waals surface area contributed by atoms with Gasteiger partial charge in [0.15, 0.2) is 11.5 Å². The number of benzene rings is 2. The summed E-state index contributed by atoms with van der Waals surface area (Å²) in [5.41, 5.74) is 3.11. The van der Waals surface area contributed by atoms with Gasteiger partial charge in [-0.1, -0.05) is 30.7 Å². The van der Waals surface area contributed by atoms with Crippen LogP contribution in [-0.4, -0.2) is 35.6 Å². The number of ether oxygens (including phenoxy) is 2. The molecule has 3 atom stereocenters. The van der Waals surface area contributed by atoms with Crippen LogP contribution in [0.25, 0.3) is 11.0 Å². The van der Waals surface area contributed by atoms with E-state index in [9.17, 15) is 4.79 Å². The first kappa shape index (κ1) is 19.0. The van der Waals surface area contributed by atoms with E-state index in [1.54, 1.807) is 7.11 Å². The molecule has 3 aromatic rings. The van der Waals surface area contributed by atoms with Crippen LogP contribution in [0.5, 0.6) is 11.5 Å². The van der Waals surface area contributed by atoms with Gasteiger partial charge in [-0.2, -0.15) is 0 Å². The van der Waals surface area contributed by atoms with Gasteiger partial charge in [0.1, 0.15) is 12.4 Å². The van der Waals surface area contributed by atoms with Gasteiger partial charge in [-0.25, -0.2) is 4.98 Å². The number of H-pyrrole nitrogens is 1. The summed E-state index contributed by atoms with van der Waals surface area (Å²) in [6.45, 7) is 0.388. The molecule has 2 aromatic carbocycles. The molecule has 0 radical (unpaired) electrons. The van der Waals surface area contributed by atoms with Crippen molar-refractivity contribution in [2.75, 3.05) is 13.7 Å². The second kappa shape index (κ2) is 8.01. The number of nitrogens with one attached hydrogen (secondary N) is 2. The van der Waals surface area contributed by atoms with Crippen LogP contribution in [0.4, 0.5) is 0 Å². The highest BCUT2D eigenvalue weighted by Crippen LogP contribution is 2.37. The third-order valence-corrected chi connectivity index (χ3v) is 6.36. The summed E-state index contributed by atoms with van der Waals surface area (Å²) in [5.74, 6) is 2.80. The summed E-state index contributed by atoms with van der Waals surface area (Å²) in [6.07, 6.45) is 4.81. The summed E-state index contributed by atoms with van der Waals surface area (Å²) in [5, 5.41) is 3.29. The Labute approximate surface area is 176 Å². The Kier molecular flexibility index (Phi) is 5.07. The Bertz CT molecular complexity index is 1030. The topological polar surface area (TPSA) is 76.2 Å². The molecule has 6 heteroatoms. The Morgan fingerprint density at radius 2 is 2.10 bits per heavy atom. The standard InChI is InChI=1S/C24H27N3O3/c1-29-21-11-5-6-15-12-17(14-30-22(15)21)24(28)25-18-8-4-7-16(13-18)23-26-19-9-2-3-10-20(19)27-23/h2-3,5-6,9-11,16-18H,4,7-8,12-14H2,1H3,(H,25,28)(H,26,27). The van der Waals surface area contributed by atoms with E-state index >= 15 is 0 Å². The van der Waals surface area contributed by atoms with Crippen molar-refractivity contribution in [1.82, 2.24) is 15.3 Å². The van der Waals surface area contributed by atoms with Crippen LogP contribution in [0.3, 0.4) is 0 Å². The molecule has 1 aliphatic carbocycles. The number of methoxy groups -OCH3 is 1. The lowest BCUT2D eigenvalue weighted by molar-refractivity contribution is -0.127. The fraction of sp³-hybridized carbons (Fsp3) is 0.417. The van der Waals surface area contributed by atoms with Crippen molar-refractivity contribution >= 4 is 16.9 Å². The van der Waals surface area contributed by atoms with Gasteiger partial charge in [0.05, 0.1) is 24.1 Å². The van der Waals surface area contributed by atoms with E-state index in [1.807, 2.05) is 36.4 Å². The van der Waals surface area contributed by atoms with Gasteiger partial charge in [-0.05, 0) is 49.4 Å². The Balaban J connectivity index is 1.24. The lowest BCUT2D eigenvalue weighted by Crippen LogP contribution is -2.44. The van der Waals surface area contributed by atoms with Crippen molar-refractivity contribution in [2.24, 2.45) is 5.92 Å². The third-order valence-electron chi connectivity index (χ3n) is 6.36. The SMILES string of the molecule is COc1cccc2c1OCC(C(=O)NC1CCCC(c3nc4ccccc4[nH]3)C1)C2. The molecule has 156 valence electrons. The molecule has 5 rings (SSSR count). The predicted molar refractivity (Wildman–Crippen MR) is 115 cm³/mol. The number of imidazole rings is 1. The maximum atomic E-state index is 13.0. The number of carbonyl (C=O) groups excluding carboxylic acids is 1. The summed E-state index contributed by atoms with van der Waals surface area (Å²) in [7, 11) is 1.64. The van der Waals surface area contributed by atoms with E-state index in [0.29, 0.717) is 18.9 Å². The quantitative estimate of drug-likeness (QED) is 0.689. The number of para-hydroxylation sites is 3. The molecule has 30 heavy (non-hydrogen) atoms. The van der Waals surface area contributed by atoms with Gasteiger partial charge in [-0.3, -0.25) is 4.79 Å². The third kappa shape index (κ3) is 3.62. The lowest BCUT2D eigenvalue weighted by Gasteiger charge is -2.31. The number of hydrogen-bond acceptors (Lipinski definition) is 4. The van der Waals surface area contributed by atoms with Crippen molar-refractivity contribution < 1.29 is 14.3 Å². The summed E-state index contributed by atoms with van der Waals surface area (Å²) in [6, 6.07) is 14.1. The second-order valence-electron chi connectivity index (χ2n) is 8.37. The van der Waals surface area contributed by atoms with Gasteiger partial charge >= 0.3 is 0 Å². The van der Waals surface area contributed by atoms with E-state index in [4.69, 9.17) is 14.5 Å². The van der Waals surface area contributed by atoms with Crippen LogP contribution in [0.1, 0.15) is 43.0 Å². The highest BCUT2D eigenvalue weighted by atomic mass is 16.5. The molecule has 2 N–H and O–H groups in total. The maximum absolute atomic E-state index is 13.0. The first-order valence-corrected chi connectivity index (χ1v) is 10.7. The maximum Gasteiger partial charge on any atom is 0.227 e. The highest BCUT2D eigenvalue weighted by molar-refractivity contribution is 5.80. The summed E-state index contributed by atoms with van der Waals surface area (Å²) < 4.78 is 11.3. The van der Waals surface area contributed by atoms with Crippen LogP contribution >= 0.6 is 0 Å². The molecule has 1 aliphatic heterocycles. The number of carbonyl (C=O) groups is 1. The number of aromatic amines is 1. The average molecular weight is 405 g/mol. The molecule has 6 nitrogen and oxygen atoms in total. The molecule has 2 heterocycles. The lowest BCUT2D eigenvalue weighted by atomic mass is 9.84. The Morgan fingerprint density at radius 3 is 2.97 bits per heavy atom. The molecule has 0 saturated heterocycles. The largest absolute Gasteiger partial charge is 0.493 e. The zero-order valence-corrected chi connectivity index (χ0v) is 17.2. The zero-order valence-electron chi connectivity index (χ0n) is 17.2. The van der Waals surface area contributed by atoms with Gasteiger partial charge in [-0.15, -0.1) is 0 Å². The molecule has 1 amide bonds. The van der Waals surface area contributed by atoms with E-state index in [1.165, 1.54) is 0 Å². The first-order chi connectivity index (χ1) is 14.7. The first-order valence-electron chi connectivity index (χ1n) is 10.7. The number of rotatable bonds is 4. The van der Waals surface area contributed by atoms with Crippen molar-refractivity contribution in [3.63, 3.8) is 0 Å². The highest BCUT2D eigenvalue weighted by Gasteiger charge is 2.31. The predicted octanol–water partition coefficient (Wildman–Crippen LogP) is 3.97. The van der Waals surface area contributed by atoms with Crippen LogP contribution in [0, 0.1) is 5.92 Å². The van der Waals surface area contributed by atoms with Crippen molar-refractivity contribution in [3.8, 4) is 11.5 Å². The minimum atomic E-state index is -0.170. The minimum Gasteiger partial charge on any atom is -0.493 e. The molecule has 2 aliphatic rings. The number of hydrogen-bond donors (Lipinski definition) is 2. The molecule has 1 fully saturated rings. The van der Waals surface area contributed by atoms with Crippen LogP contribution < -0.4 is 14.8 Å². The summed E-state index contributed by atoms with van der Waals surface area (Å²) in [4.78, 5) is 21.2. The average Bonchev–Trinajstić information content (AvgIpc) is 3.23. The van der Waals surface area contributed by atoms with Gasteiger partial charge < -0.3 is 19.8 Å².